The molecule has 2 unspecified atom stereocenters. The Hall–Kier alpha value is 0.0700. The number of rotatable bonds is 2. The summed E-state index contributed by atoms with van der Waals surface area (Å²) in [5.41, 5.74) is 5.32. The first-order valence-corrected chi connectivity index (χ1v) is 5.46. The van der Waals surface area contributed by atoms with Crippen LogP contribution in [-0.4, -0.2) is 22.1 Å². The fourth-order valence-electron chi connectivity index (χ4n) is 1.55. The van der Waals surface area contributed by atoms with E-state index in [1.165, 1.54) is 0 Å². The highest BCUT2D eigenvalue weighted by atomic mass is 35.5. The van der Waals surface area contributed by atoms with Gasteiger partial charge in [-0.1, -0.05) is 13.8 Å². The first kappa shape index (κ1) is 14.1. The van der Waals surface area contributed by atoms with Gasteiger partial charge in [0, 0.05) is 4.75 Å². The van der Waals surface area contributed by atoms with Crippen molar-refractivity contribution in [1.82, 2.24) is 5.32 Å². The first-order chi connectivity index (χ1) is 5.84. The van der Waals surface area contributed by atoms with Crippen LogP contribution < -0.4 is 11.1 Å². The van der Waals surface area contributed by atoms with E-state index in [-0.39, 0.29) is 29.1 Å². The van der Waals surface area contributed by atoms with Gasteiger partial charge < -0.3 is 5.73 Å². The Morgan fingerprint density at radius 2 is 2.00 bits per heavy atom. The molecule has 0 aromatic heterocycles. The fourth-order valence-corrected chi connectivity index (χ4v) is 3.00. The normalized spacial score (nSPS) is 30.1. The van der Waals surface area contributed by atoms with E-state index in [9.17, 15) is 4.79 Å². The summed E-state index contributed by atoms with van der Waals surface area (Å²) in [5.74, 6) is 0.272. The van der Waals surface area contributed by atoms with Crippen molar-refractivity contribution in [2.24, 2.45) is 11.7 Å². The van der Waals surface area contributed by atoms with Crippen LogP contribution >= 0.6 is 24.2 Å². The number of primary amides is 1. The zero-order chi connectivity index (χ0) is 10.2. The van der Waals surface area contributed by atoms with Crippen molar-refractivity contribution in [1.29, 1.82) is 0 Å². The topological polar surface area (TPSA) is 55.1 Å². The number of nitrogens with two attached hydrogens (primary N) is 1. The number of nitrogens with one attached hydrogen (secondary N) is 1. The van der Waals surface area contributed by atoms with E-state index in [0.717, 1.165) is 0 Å². The van der Waals surface area contributed by atoms with E-state index in [2.05, 4.69) is 33.0 Å². The molecule has 5 heteroatoms. The fraction of sp³-hybridized carbons (Fsp3) is 0.889. The predicted octanol–water partition coefficient (Wildman–Crippen LogP) is 1.36. The molecule has 0 aromatic rings. The van der Waals surface area contributed by atoms with Gasteiger partial charge in [-0.15, -0.1) is 24.2 Å². The van der Waals surface area contributed by atoms with Gasteiger partial charge in [0.05, 0.1) is 5.37 Å². The monoisotopic (exact) mass is 238 g/mol. The highest BCUT2D eigenvalue weighted by molar-refractivity contribution is 8.01. The van der Waals surface area contributed by atoms with Gasteiger partial charge in [0.1, 0.15) is 6.04 Å². The third-order valence-corrected chi connectivity index (χ3v) is 4.12. The first-order valence-electron chi connectivity index (χ1n) is 4.58. The molecule has 84 valence electrons. The summed E-state index contributed by atoms with van der Waals surface area (Å²) in [6.45, 7) is 8.40. The number of halogens is 1. The summed E-state index contributed by atoms with van der Waals surface area (Å²) in [6, 6.07) is -0.204. The molecule has 14 heavy (non-hydrogen) atoms. The quantitative estimate of drug-likeness (QED) is 0.764. The molecular weight excluding hydrogens is 220 g/mol. The second kappa shape index (κ2) is 4.73. The van der Waals surface area contributed by atoms with Crippen LogP contribution in [-0.2, 0) is 4.79 Å². The molecule has 0 radical (unpaired) electrons. The van der Waals surface area contributed by atoms with E-state index in [1.807, 2.05) is 0 Å². The maximum atomic E-state index is 11.1. The molecule has 0 aliphatic carbocycles. The summed E-state index contributed by atoms with van der Waals surface area (Å²) < 4.78 is -0.0826. The van der Waals surface area contributed by atoms with Gasteiger partial charge in [-0.3, -0.25) is 10.1 Å². The molecule has 3 nitrogen and oxygen atoms in total. The minimum absolute atomic E-state index is 0. The zero-order valence-electron chi connectivity index (χ0n) is 9.03. The molecule has 0 aromatic carbocycles. The average molecular weight is 239 g/mol. The van der Waals surface area contributed by atoms with Crippen LogP contribution in [0.5, 0.6) is 0 Å². The summed E-state index contributed by atoms with van der Waals surface area (Å²) in [7, 11) is 0. The Morgan fingerprint density at radius 1 is 1.50 bits per heavy atom. The van der Waals surface area contributed by atoms with Crippen molar-refractivity contribution in [2.45, 2.75) is 43.9 Å². The van der Waals surface area contributed by atoms with Crippen molar-refractivity contribution in [3.63, 3.8) is 0 Å². The van der Waals surface area contributed by atoms with Gasteiger partial charge in [-0.25, -0.2) is 0 Å². The number of hydrogen-bond donors (Lipinski definition) is 2. The third-order valence-electron chi connectivity index (χ3n) is 2.35. The molecule has 1 aliphatic heterocycles. The highest BCUT2D eigenvalue weighted by Gasteiger charge is 2.44. The second-order valence-electron chi connectivity index (χ2n) is 4.39. The minimum Gasteiger partial charge on any atom is -0.368 e. The van der Waals surface area contributed by atoms with E-state index in [4.69, 9.17) is 5.73 Å². The summed E-state index contributed by atoms with van der Waals surface area (Å²) in [6.07, 6.45) is 0. The van der Waals surface area contributed by atoms with Gasteiger partial charge >= 0.3 is 0 Å². The SMILES string of the molecule is CC(C)C1NC(C(N)=O)C(C)(C)S1.Cl. The van der Waals surface area contributed by atoms with Gasteiger partial charge in [-0.05, 0) is 19.8 Å². The van der Waals surface area contributed by atoms with E-state index in [1.54, 1.807) is 11.8 Å². The molecule has 1 rings (SSSR count). The van der Waals surface area contributed by atoms with Crippen molar-refractivity contribution in [3.8, 4) is 0 Å². The van der Waals surface area contributed by atoms with Gasteiger partial charge in [-0.2, -0.15) is 0 Å². The number of hydrogen-bond acceptors (Lipinski definition) is 3. The Kier molecular flexibility index (Phi) is 4.75. The number of amides is 1. The van der Waals surface area contributed by atoms with E-state index >= 15 is 0 Å². The number of carbonyl (C=O) groups excluding carboxylic acids is 1. The lowest BCUT2D eigenvalue weighted by Gasteiger charge is -2.21. The lowest BCUT2D eigenvalue weighted by atomic mass is 10.0. The summed E-state index contributed by atoms with van der Waals surface area (Å²) in [4.78, 5) is 11.1. The third kappa shape index (κ3) is 2.78. The van der Waals surface area contributed by atoms with Crippen molar-refractivity contribution in [2.75, 3.05) is 0 Å². The molecule has 1 saturated heterocycles. The van der Waals surface area contributed by atoms with Gasteiger partial charge in [0.15, 0.2) is 0 Å². The Labute approximate surface area is 96.0 Å². The summed E-state index contributed by atoms with van der Waals surface area (Å²) >= 11 is 1.80. The smallest absolute Gasteiger partial charge is 0.236 e. The maximum Gasteiger partial charge on any atom is 0.236 e. The van der Waals surface area contributed by atoms with Crippen LogP contribution in [0.4, 0.5) is 0 Å². The Morgan fingerprint density at radius 3 is 2.21 bits per heavy atom. The van der Waals surface area contributed by atoms with Crippen LogP contribution in [0.3, 0.4) is 0 Å². The molecule has 3 N–H and O–H groups in total. The molecule has 0 spiro atoms. The molecule has 0 saturated carbocycles. The molecule has 1 heterocycles. The lowest BCUT2D eigenvalue weighted by Crippen LogP contribution is -2.48. The van der Waals surface area contributed by atoms with Gasteiger partial charge in [0.25, 0.3) is 0 Å². The standard InChI is InChI=1S/C9H18N2OS.ClH/c1-5(2)8-11-6(7(10)12)9(3,4)13-8;/h5-6,8,11H,1-4H3,(H2,10,12);1H. The average Bonchev–Trinajstić information content (AvgIpc) is 2.25. The van der Waals surface area contributed by atoms with E-state index < -0.39 is 0 Å². The number of thioether (sulfide) groups is 1. The molecule has 1 amide bonds. The van der Waals surface area contributed by atoms with Crippen molar-refractivity contribution >= 4 is 30.1 Å². The molecule has 1 aliphatic rings. The van der Waals surface area contributed by atoms with Crippen LogP contribution in [0.1, 0.15) is 27.7 Å². The number of carbonyl (C=O) groups is 1. The van der Waals surface area contributed by atoms with Gasteiger partial charge in [0.2, 0.25) is 5.91 Å². The highest BCUT2D eigenvalue weighted by Crippen LogP contribution is 2.40. The van der Waals surface area contributed by atoms with Crippen molar-refractivity contribution in [3.05, 3.63) is 0 Å². The molecule has 0 bridgehead atoms. The van der Waals surface area contributed by atoms with Crippen LogP contribution in [0.2, 0.25) is 0 Å². The molecular formula is C9H19ClN2OS. The molecule has 2 atom stereocenters. The van der Waals surface area contributed by atoms with Crippen LogP contribution in [0.15, 0.2) is 0 Å². The largest absolute Gasteiger partial charge is 0.368 e. The Bertz CT molecular complexity index is 221. The lowest BCUT2D eigenvalue weighted by molar-refractivity contribution is -0.120. The maximum absolute atomic E-state index is 11.1. The van der Waals surface area contributed by atoms with E-state index in [0.29, 0.717) is 11.3 Å². The molecule has 1 fully saturated rings. The summed E-state index contributed by atoms with van der Waals surface area (Å²) in [5, 5.41) is 3.61. The Balaban J connectivity index is 0.00000169. The van der Waals surface area contributed by atoms with Crippen LogP contribution in [0.25, 0.3) is 0 Å². The second-order valence-corrected chi connectivity index (χ2v) is 6.18. The predicted molar refractivity (Wildman–Crippen MR) is 63.7 cm³/mol. The minimum atomic E-state index is -0.249. The van der Waals surface area contributed by atoms with Crippen LogP contribution in [0, 0.1) is 5.92 Å². The van der Waals surface area contributed by atoms with Crippen molar-refractivity contribution < 1.29 is 4.79 Å². The zero-order valence-corrected chi connectivity index (χ0v) is 10.7.